The zero-order valence-corrected chi connectivity index (χ0v) is 11.6. The molecule has 0 saturated carbocycles. The Bertz CT molecular complexity index is 432. The number of carbonyl (C=O) groups is 1. The van der Waals surface area contributed by atoms with E-state index >= 15 is 0 Å². The highest BCUT2D eigenvalue weighted by Gasteiger charge is 2.06. The molecule has 1 aromatic carbocycles. The van der Waals surface area contributed by atoms with Crippen LogP contribution in [0.1, 0.15) is 22.3 Å². The molecule has 1 unspecified atom stereocenters. The fraction of sp³-hybridized carbons (Fsp3) is 0.462. The molecule has 1 aromatic rings. The lowest BCUT2D eigenvalue weighted by molar-refractivity contribution is 0.0697. The van der Waals surface area contributed by atoms with Gasteiger partial charge in [0.1, 0.15) is 0 Å². The summed E-state index contributed by atoms with van der Waals surface area (Å²) in [6.07, 6.45) is 0.887. The van der Waals surface area contributed by atoms with Crippen LogP contribution in [-0.4, -0.2) is 46.6 Å². The lowest BCUT2D eigenvalue weighted by Crippen LogP contribution is -2.15. The van der Waals surface area contributed by atoms with Crippen molar-refractivity contribution in [1.29, 1.82) is 0 Å². The van der Waals surface area contributed by atoms with Crippen LogP contribution in [0.5, 0.6) is 0 Å². The molecule has 1 atom stereocenters. The number of benzene rings is 1. The van der Waals surface area contributed by atoms with Crippen LogP contribution in [-0.2, 0) is 16.6 Å². The Balaban J connectivity index is 2.49. The van der Waals surface area contributed by atoms with Crippen molar-refractivity contribution in [3.63, 3.8) is 0 Å². The molecule has 0 aliphatic heterocycles. The smallest absolute Gasteiger partial charge is 0.335 e. The van der Waals surface area contributed by atoms with Crippen LogP contribution in [0.4, 0.5) is 0 Å². The molecule has 100 valence electrons. The highest BCUT2D eigenvalue weighted by molar-refractivity contribution is 7.84. The Hall–Kier alpha value is -1.20. The van der Waals surface area contributed by atoms with Gasteiger partial charge in [0.15, 0.2) is 0 Å². The number of carboxylic acids is 1. The normalized spacial score (nSPS) is 12.6. The number of hydrogen-bond donors (Lipinski definition) is 1. The Morgan fingerprint density at radius 3 is 2.72 bits per heavy atom. The molecule has 1 rings (SSSR count). The molecule has 0 spiro atoms. The van der Waals surface area contributed by atoms with Crippen molar-refractivity contribution in [2.24, 2.45) is 0 Å². The predicted octanol–water partition coefficient (Wildman–Crippen LogP) is 1.59. The number of carboxylic acid groups (broad SMARTS) is 1. The second-order valence-electron chi connectivity index (χ2n) is 4.45. The Morgan fingerprint density at radius 1 is 1.39 bits per heavy atom. The molecule has 0 amide bonds. The molecule has 0 saturated heterocycles. The van der Waals surface area contributed by atoms with Crippen LogP contribution in [0.2, 0.25) is 0 Å². The summed E-state index contributed by atoms with van der Waals surface area (Å²) in [5, 5.41) is 8.86. The van der Waals surface area contributed by atoms with E-state index in [1.54, 1.807) is 18.2 Å². The van der Waals surface area contributed by atoms with Gasteiger partial charge in [-0.3, -0.25) is 4.21 Å². The lowest BCUT2D eigenvalue weighted by Gasteiger charge is -2.08. The fourth-order valence-corrected chi connectivity index (χ4v) is 2.74. The van der Waals surface area contributed by atoms with Gasteiger partial charge in [-0.1, -0.05) is 12.1 Å². The number of aromatic carboxylic acids is 1. The van der Waals surface area contributed by atoms with Crippen LogP contribution in [0, 0.1) is 0 Å². The van der Waals surface area contributed by atoms with E-state index in [9.17, 15) is 9.00 Å². The molecule has 0 aliphatic rings. The first-order valence-electron chi connectivity index (χ1n) is 5.81. The standard InChI is InChI=1S/C13H19NO3S/c1-14(2)7-4-8-18(17)10-11-5-3-6-12(9-11)13(15)16/h3,5-6,9H,4,7-8,10H2,1-2H3,(H,15,16). The summed E-state index contributed by atoms with van der Waals surface area (Å²) >= 11 is 0. The average molecular weight is 269 g/mol. The van der Waals surface area contributed by atoms with Gasteiger partial charge in [0.2, 0.25) is 0 Å². The Morgan fingerprint density at radius 2 is 2.11 bits per heavy atom. The molecule has 5 heteroatoms. The van der Waals surface area contributed by atoms with Gasteiger partial charge in [-0.25, -0.2) is 4.79 Å². The van der Waals surface area contributed by atoms with Gasteiger partial charge in [0.05, 0.1) is 5.56 Å². The summed E-state index contributed by atoms with van der Waals surface area (Å²) in [6, 6.07) is 6.64. The van der Waals surface area contributed by atoms with Crippen molar-refractivity contribution in [2.45, 2.75) is 12.2 Å². The van der Waals surface area contributed by atoms with E-state index in [0.29, 0.717) is 11.5 Å². The highest BCUT2D eigenvalue weighted by atomic mass is 32.2. The monoisotopic (exact) mass is 269 g/mol. The third kappa shape index (κ3) is 5.42. The van der Waals surface area contributed by atoms with Gasteiger partial charge in [-0.05, 0) is 44.8 Å². The Kier molecular flexibility index (Phi) is 6.01. The average Bonchev–Trinajstić information content (AvgIpc) is 2.28. The molecule has 0 aliphatic carbocycles. The minimum absolute atomic E-state index is 0.248. The second kappa shape index (κ2) is 7.28. The first kappa shape index (κ1) is 14.9. The van der Waals surface area contributed by atoms with E-state index < -0.39 is 16.8 Å². The molecule has 0 radical (unpaired) electrons. The molecule has 0 heterocycles. The SMILES string of the molecule is CN(C)CCCS(=O)Cc1cccc(C(=O)O)c1. The summed E-state index contributed by atoms with van der Waals surface area (Å²) in [5.74, 6) is 0.125. The number of hydrogen-bond acceptors (Lipinski definition) is 3. The minimum Gasteiger partial charge on any atom is -0.478 e. The quantitative estimate of drug-likeness (QED) is 0.816. The molecule has 1 N–H and O–H groups in total. The van der Waals surface area contributed by atoms with Gasteiger partial charge in [0.25, 0.3) is 0 Å². The summed E-state index contributed by atoms with van der Waals surface area (Å²) in [6.45, 7) is 0.918. The van der Waals surface area contributed by atoms with E-state index in [1.807, 2.05) is 20.2 Å². The maximum absolute atomic E-state index is 11.8. The largest absolute Gasteiger partial charge is 0.478 e. The van der Waals surface area contributed by atoms with Crippen molar-refractivity contribution in [3.05, 3.63) is 35.4 Å². The van der Waals surface area contributed by atoms with Crippen LogP contribution < -0.4 is 0 Å². The Labute approximate surface area is 110 Å². The van der Waals surface area contributed by atoms with Gasteiger partial charge < -0.3 is 10.0 Å². The summed E-state index contributed by atoms with van der Waals surface area (Å²) in [4.78, 5) is 12.9. The molecular formula is C13H19NO3S. The molecular weight excluding hydrogens is 250 g/mol. The molecule has 0 bridgehead atoms. The zero-order valence-electron chi connectivity index (χ0n) is 10.8. The second-order valence-corrected chi connectivity index (χ2v) is 6.03. The highest BCUT2D eigenvalue weighted by Crippen LogP contribution is 2.08. The van der Waals surface area contributed by atoms with E-state index in [4.69, 9.17) is 5.11 Å². The third-order valence-corrected chi connectivity index (χ3v) is 3.88. The minimum atomic E-state index is -0.949. The van der Waals surface area contributed by atoms with Crippen molar-refractivity contribution in [1.82, 2.24) is 4.90 Å². The van der Waals surface area contributed by atoms with Crippen LogP contribution in [0.25, 0.3) is 0 Å². The zero-order chi connectivity index (χ0) is 13.5. The van der Waals surface area contributed by atoms with Gasteiger partial charge in [-0.2, -0.15) is 0 Å². The van der Waals surface area contributed by atoms with E-state index in [0.717, 1.165) is 18.5 Å². The van der Waals surface area contributed by atoms with Crippen molar-refractivity contribution in [2.75, 3.05) is 26.4 Å². The molecule has 4 nitrogen and oxygen atoms in total. The summed E-state index contributed by atoms with van der Waals surface area (Å²) in [5.41, 5.74) is 1.07. The van der Waals surface area contributed by atoms with Crippen molar-refractivity contribution >= 4 is 16.8 Å². The first-order chi connectivity index (χ1) is 8.49. The maximum atomic E-state index is 11.8. The van der Waals surface area contributed by atoms with E-state index in [2.05, 4.69) is 4.90 Å². The van der Waals surface area contributed by atoms with E-state index in [-0.39, 0.29) is 5.56 Å². The van der Waals surface area contributed by atoms with Gasteiger partial charge in [-0.15, -0.1) is 0 Å². The van der Waals surface area contributed by atoms with Gasteiger partial charge >= 0.3 is 5.97 Å². The van der Waals surface area contributed by atoms with Crippen LogP contribution in [0.15, 0.2) is 24.3 Å². The van der Waals surface area contributed by atoms with Crippen molar-refractivity contribution in [3.8, 4) is 0 Å². The predicted molar refractivity (Wildman–Crippen MR) is 73.3 cm³/mol. The maximum Gasteiger partial charge on any atom is 0.335 e. The number of rotatable bonds is 7. The van der Waals surface area contributed by atoms with Crippen LogP contribution in [0.3, 0.4) is 0 Å². The fourth-order valence-electron chi connectivity index (χ4n) is 1.59. The number of nitrogens with zero attached hydrogens (tertiary/aromatic N) is 1. The summed E-state index contributed by atoms with van der Waals surface area (Å²) < 4.78 is 11.8. The molecule has 0 fully saturated rings. The van der Waals surface area contributed by atoms with Gasteiger partial charge in [0, 0.05) is 22.3 Å². The first-order valence-corrected chi connectivity index (χ1v) is 7.30. The lowest BCUT2D eigenvalue weighted by atomic mass is 10.1. The van der Waals surface area contributed by atoms with Crippen molar-refractivity contribution < 1.29 is 14.1 Å². The van der Waals surface area contributed by atoms with Crippen LogP contribution >= 0.6 is 0 Å². The van der Waals surface area contributed by atoms with E-state index in [1.165, 1.54) is 0 Å². The third-order valence-electron chi connectivity index (χ3n) is 2.48. The molecule has 18 heavy (non-hydrogen) atoms. The molecule has 0 aromatic heterocycles. The summed E-state index contributed by atoms with van der Waals surface area (Å²) in [7, 11) is 3.04. The topological polar surface area (TPSA) is 57.6 Å².